The van der Waals surface area contributed by atoms with E-state index < -0.39 is 31.0 Å². The van der Waals surface area contributed by atoms with Crippen LogP contribution in [-0.4, -0.2) is 6.18 Å². The number of rotatable bonds is 3. The fourth-order valence-electron chi connectivity index (χ4n) is 0.387. The van der Waals surface area contributed by atoms with E-state index in [1.54, 1.807) is 0 Å². The fraction of sp³-hybridized carbons (Fsp3) is 0.500. The lowest BCUT2D eigenvalue weighted by Gasteiger charge is -2.08. The Hall–Kier alpha value is -0.610. The average Bonchev–Trinajstić information content (AvgIpc) is 1.80. The summed E-state index contributed by atoms with van der Waals surface area (Å²) in [6, 6.07) is 0. The van der Waals surface area contributed by atoms with Crippen LogP contribution in [0.2, 0.25) is 0 Å². The van der Waals surface area contributed by atoms with E-state index in [1.807, 2.05) is 0 Å². The van der Waals surface area contributed by atoms with Crippen LogP contribution in [0.5, 0.6) is 0 Å². The summed E-state index contributed by atoms with van der Waals surface area (Å²) in [6.07, 6.45) is -8.14. The van der Waals surface area contributed by atoms with Gasteiger partial charge in [-0.25, -0.2) is 0 Å². The predicted molar refractivity (Wildman–Crippen MR) is 29.9 cm³/mol. The lowest BCUT2D eigenvalue weighted by molar-refractivity contribution is -0.0939. The first-order chi connectivity index (χ1) is 4.84. The van der Waals surface area contributed by atoms with Gasteiger partial charge in [-0.2, -0.15) is 22.0 Å². The molecular weight excluding hydrogens is 167 g/mol. The zero-order valence-corrected chi connectivity index (χ0v) is 5.51. The molecule has 0 aliphatic rings. The maximum Gasteiger partial charge on any atom is 0.412 e. The van der Waals surface area contributed by atoms with Crippen LogP contribution in [0.1, 0.15) is 12.8 Å². The first-order valence-electron chi connectivity index (χ1n) is 2.76. The van der Waals surface area contributed by atoms with Crippen molar-refractivity contribution < 1.29 is 22.0 Å². The Bertz CT molecular complexity index is 134. The topological polar surface area (TPSA) is 0 Å². The number of allylic oxidation sites excluding steroid dienone is 1. The van der Waals surface area contributed by atoms with E-state index in [4.69, 9.17) is 0 Å². The van der Waals surface area contributed by atoms with Crippen molar-refractivity contribution >= 4 is 0 Å². The van der Waals surface area contributed by atoms with Crippen LogP contribution < -0.4 is 0 Å². The summed E-state index contributed by atoms with van der Waals surface area (Å²) in [4.78, 5) is 0. The predicted octanol–water partition coefficient (Wildman–Crippen LogP) is 3.31. The Labute approximate surface area is 60.7 Å². The smallest absolute Gasteiger partial charge is 0.200 e. The maximum atomic E-state index is 11.5. The Morgan fingerprint density at radius 3 is 1.82 bits per heavy atom. The van der Waals surface area contributed by atoms with Gasteiger partial charge < -0.3 is 0 Å². The molecule has 0 nitrogen and oxygen atoms in total. The molecule has 0 saturated heterocycles. The lowest BCUT2D eigenvalue weighted by atomic mass is 10.1. The third kappa shape index (κ3) is 4.75. The van der Waals surface area contributed by atoms with Crippen molar-refractivity contribution in [3.8, 4) is 0 Å². The van der Waals surface area contributed by atoms with Gasteiger partial charge in [-0.3, -0.25) is 0 Å². The minimum Gasteiger partial charge on any atom is -0.200 e. The van der Waals surface area contributed by atoms with Gasteiger partial charge in [-0.1, -0.05) is 6.58 Å². The molecule has 0 aromatic rings. The second-order valence-electron chi connectivity index (χ2n) is 1.94. The molecular formula is C6H6F5. The zero-order chi connectivity index (χ0) is 9.07. The van der Waals surface area contributed by atoms with E-state index in [1.165, 1.54) is 0 Å². The fourth-order valence-corrected chi connectivity index (χ4v) is 0.387. The van der Waals surface area contributed by atoms with Gasteiger partial charge in [-0.05, 0) is 6.42 Å². The average molecular weight is 173 g/mol. The van der Waals surface area contributed by atoms with E-state index in [9.17, 15) is 22.0 Å². The maximum absolute atomic E-state index is 11.5. The second kappa shape index (κ2) is 3.69. The molecule has 0 N–H and O–H groups in total. The molecule has 0 rings (SSSR count). The minimum absolute atomic E-state index is 0.730. The first-order valence-corrected chi connectivity index (χ1v) is 2.76. The number of hydrogen-bond donors (Lipinski definition) is 0. The number of alkyl halides is 3. The summed E-state index contributed by atoms with van der Waals surface area (Å²) < 4.78 is 57.2. The van der Waals surface area contributed by atoms with Gasteiger partial charge in [0.15, 0.2) is 0 Å². The highest BCUT2D eigenvalue weighted by Crippen LogP contribution is 2.29. The Balaban J connectivity index is 3.71. The highest BCUT2D eigenvalue weighted by Gasteiger charge is 2.31. The van der Waals surface area contributed by atoms with Gasteiger partial charge >= 0.3 is 12.6 Å². The molecule has 0 atom stereocenters. The second-order valence-corrected chi connectivity index (χ2v) is 1.94. The lowest BCUT2D eigenvalue weighted by Crippen LogP contribution is -2.10. The van der Waals surface area contributed by atoms with Crippen LogP contribution in [0, 0.1) is 6.43 Å². The molecule has 0 aliphatic carbocycles. The molecule has 0 aromatic carbocycles. The van der Waals surface area contributed by atoms with Gasteiger partial charge in [0, 0.05) is 12.0 Å². The largest absolute Gasteiger partial charge is 0.412 e. The van der Waals surface area contributed by atoms with Crippen LogP contribution in [0.3, 0.4) is 0 Å². The molecule has 0 aliphatic heterocycles. The van der Waals surface area contributed by atoms with Gasteiger partial charge in [0.1, 0.15) is 0 Å². The monoisotopic (exact) mass is 173 g/mol. The summed E-state index contributed by atoms with van der Waals surface area (Å²) in [5.41, 5.74) is -1.12. The zero-order valence-electron chi connectivity index (χ0n) is 5.51. The number of halogens is 5. The summed E-state index contributed by atoms with van der Waals surface area (Å²) in [5, 5.41) is 0. The molecule has 0 saturated carbocycles. The summed E-state index contributed by atoms with van der Waals surface area (Å²) in [5.74, 6) is 0. The number of hydrogen-bond acceptors (Lipinski definition) is 0. The molecule has 0 bridgehead atoms. The van der Waals surface area contributed by atoms with E-state index in [0.717, 1.165) is 0 Å². The van der Waals surface area contributed by atoms with Crippen LogP contribution >= 0.6 is 0 Å². The Morgan fingerprint density at radius 2 is 1.55 bits per heavy atom. The highest BCUT2D eigenvalue weighted by atomic mass is 19.4. The molecule has 0 amide bonds. The van der Waals surface area contributed by atoms with E-state index in [0.29, 0.717) is 0 Å². The van der Waals surface area contributed by atoms with Crippen LogP contribution in [-0.2, 0) is 0 Å². The molecule has 11 heavy (non-hydrogen) atoms. The third-order valence-corrected chi connectivity index (χ3v) is 1.02. The van der Waals surface area contributed by atoms with Crippen molar-refractivity contribution in [2.24, 2.45) is 0 Å². The normalized spacial score (nSPS) is 12.2. The summed E-state index contributed by atoms with van der Waals surface area (Å²) in [7, 11) is 0. The summed E-state index contributed by atoms with van der Waals surface area (Å²) >= 11 is 0. The summed E-state index contributed by atoms with van der Waals surface area (Å²) in [6.45, 7) is 2.63. The van der Waals surface area contributed by atoms with Crippen molar-refractivity contribution in [3.63, 3.8) is 0 Å². The van der Waals surface area contributed by atoms with Crippen molar-refractivity contribution in [2.45, 2.75) is 19.0 Å². The quantitative estimate of drug-likeness (QED) is 0.453. The minimum atomic E-state index is -4.55. The molecule has 65 valence electrons. The Kier molecular flexibility index (Phi) is 3.48. The van der Waals surface area contributed by atoms with E-state index in [2.05, 4.69) is 6.58 Å². The molecule has 5 heteroatoms. The molecule has 1 radical (unpaired) electrons. The van der Waals surface area contributed by atoms with Crippen molar-refractivity contribution in [1.82, 2.24) is 0 Å². The van der Waals surface area contributed by atoms with Gasteiger partial charge in [0.25, 0.3) is 0 Å². The Morgan fingerprint density at radius 1 is 1.09 bits per heavy atom. The van der Waals surface area contributed by atoms with Gasteiger partial charge in [0.2, 0.25) is 0 Å². The van der Waals surface area contributed by atoms with Crippen LogP contribution in [0.15, 0.2) is 12.2 Å². The molecule has 0 aromatic heterocycles. The molecule has 0 heterocycles. The molecule has 0 unspecified atom stereocenters. The standard InChI is InChI=1S/C6H6F5/c1-4(6(9,10)11)2-3-5(7)8/h1-3H2. The van der Waals surface area contributed by atoms with Crippen LogP contribution in [0.4, 0.5) is 22.0 Å². The van der Waals surface area contributed by atoms with Crippen LogP contribution in [0.25, 0.3) is 0 Å². The highest BCUT2D eigenvalue weighted by molar-refractivity contribution is 5.02. The van der Waals surface area contributed by atoms with E-state index >= 15 is 0 Å². The van der Waals surface area contributed by atoms with Crippen molar-refractivity contribution in [2.75, 3.05) is 0 Å². The first kappa shape index (κ1) is 10.4. The van der Waals surface area contributed by atoms with Crippen molar-refractivity contribution in [1.29, 1.82) is 0 Å². The van der Waals surface area contributed by atoms with Gasteiger partial charge in [-0.15, -0.1) is 0 Å². The SMILES string of the molecule is C=C(CC[C](F)F)C(F)(F)F. The molecule has 0 fully saturated rings. The van der Waals surface area contributed by atoms with Crippen molar-refractivity contribution in [3.05, 3.63) is 18.6 Å². The van der Waals surface area contributed by atoms with Gasteiger partial charge in [0.05, 0.1) is 0 Å². The van der Waals surface area contributed by atoms with E-state index in [-0.39, 0.29) is 0 Å². The molecule has 0 spiro atoms. The third-order valence-electron chi connectivity index (χ3n) is 1.02.